The highest BCUT2D eigenvalue weighted by atomic mass is 19.4. The minimum Gasteiger partial charge on any atom is -0.490 e. The third-order valence-electron chi connectivity index (χ3n) is 8.01. The number of alkyl halides is 3. The number of hydrogen-bond donors (Lipinski definition) is 1. The summed E-state index contributed by atoms with van der Waals surface area (Å²) in [5, 5.41) is 9.82. The van der Waals surface area contributed by atoms with Crippen LogP contribution in [0.1, 0.15) is 68.1 Å². The maximum Gasteiger partial charge on any atom is 0.389 e. The Morgan fingerprint density at radius 3 is 2.24 bits per heavy atom. The predicted molar refractivity (Wildman–Crippen MR) is 147 cm³/mol. The fraction of sp³-hybridized carbons (Fsp3) is 0.581. The molecule has 0 bridgehead atoms. The molecule has 226 valence electrons. The molecule has 2 heterocycles. The van der Waals surface area contributed by atoms with Crippen molar-refractivity contribution in [2.45, 2.75) is 70.1 Å². The van der Waals surface area contributed by atoms with Gasteiger partial charge in [-0.3, -0.25) is 4.79 Å². The van der Waals surface area contributed by atoms with E-state index in [0.717, 1.165) is 45.3 Å². The van der Waals surface area contributed by atoms with Crippen LogP contribution < -0.4 is 4.74 Å². The number of ether oxygens (including phenoxy) is 1. The molecule has 0 saturated carbocycles. The second kappa shape index (κ2) is 14.4. The van der Waals surface area contributed by atoms with Crippen molar-refractivity contribution in [1.29, 1.82) is 0 Å². The Morgan fingerprint density at radius 1 is 0.902 bits per heavy atom. The van der Waals surface area contributed by atoms with Gasteiger partial charge in [-0.25, -0.2) is 8.78 Å². The summed E-state index contributed by atoms with van der Waals surface area (Å²) in [5.74, 6) is -1.29. The zero-order valence-electron chi connectivity index (χ0n) is 23.3. The Balaban J connectivity index is 1.21. The number of piperidine rings is 2. The summed E-state index contributed by atoms with van der Waals surface area (Å²) in [6, 6.07) is 8.69. The number of halogens is 5. The van der Waals surface area contributed by atoms with Crippen LogP contribution in [-0.4, -0.2) is 72.4 Å². The molecule has 2 fully saturated rings. The molecular weight excluding hydrogens is 543 g/mol. The van der Waals surface area contributed by atoms with E-state index in [1.807, 2.05) is 0 Å². The Kier molecular flexibility index (Phi) is 11.0. The Morgan fingerprint density at radius 2 is 1.59 bits per heavy atom. The van der Waals surface area contributed by atoms with Crippen LogP contribution in [0.15, 0.2) is 36.4 Å². The van der Waals surface area contributed by atoms with E-state index < -0.39 is 36.2 Å². The Labute approximate surface area is 238 Å². The van der Waals surface area contributed by atoms with Crippen LogP contribution in [0.4, 0.5) is 22.0 Å². The van der Waals surface area contributed by atoms with Crippen molar-refractivity contribution in [2.24, 2.45) is 5.92 Å². The lowest BCUT2D eigenvalue weighted by Crippen LogP contribution is -2.42. The predicted octanol–water partition coefficient (Wildman–Crippen LogP) is 6.83. The first-order valence-electron chi connectivity index (χ1n) is 14.6. The topological polar surface area (TPSA) is 53.0 Å². The van der Waals surface area contributed by atoms with E-state index in [-0.39, 0.29) is 30.2 Å². The minimum absolute atomic E-state index is 0.0738. The molecule has 0 aliphatic carbocycles. The summed E-state index contributed by atoms with van der Waals surface area (Å²) in [4.78, 5) is 16.5. The molecule has 4 rings (SSSR count). The van der Waals surface area contributed by atoms with Crippen LogP contribution in [0.5, 0.6) is 5.75 Å². The molecule has 41 heavy (non-hydrogen) atoms. The van der Waals surface area contributed by atoms with Gasteiger partial charge in [-0.15, -0.1) is 0 Å². The third kappa shape index (κ3) is 9.39. The maximum atomic E-state index is 14.9. The molecule has 10 heteroatoms. The second-order valence-electron chi connectivity index (χ2n) is 11.3. The van der Waals surface area contributed by atoms with E-state index in [1.165, 1.54) is 29.2 Å². The molecule has 0 aromatic heterocycles. The number of carbonyl (C=O) groups excluding carboxylic acids is 1. The number of benzene rings is 2. The average Bonchev–Trinajstić information content (AvgIpc) is 2.94. The molecule has 1 amide bonds. The zero-order chi connectivity index (χ0) is 29.4. The van der Waals surface area contributed by atoms with Crippen molar-refractivity contribution in [3.63, 3.8) is 0 Å². The molecule has 2 saturated heterocycles. The van der Waals surface area contributed by atoms with Gasteiger partial charge in [-0.05, 0) is 99.5 Å². The molecule has 2 aliphatic heterocycles. The van der Waals surface area contributed by atoms with Crippen LogP contribution in [0.25, 0.3) is 11.1 Å². The van der Waals surface area contributed by atoms with Crippen LogP contribution in [0.2, 0.25) is 0 Å². The SMILES string of the molecule is O=C(c1ccc(-c2ccc(OCC3CCN(CCCCCCC(F)(F)F)CC3)c(F)c2)cc1F)N1CCCC(O)C1. The summed E-state index contributed by atoms with van der Waals surface area (Å²) in [6.07, 6.45) is 0.211. The first-order chi connectivity index (χ1) is 19.6. The van der Waals surface area contributed by atoms with Crippen LogP contribution >= 0.6 is 0 Å². The Bertz CT molecular complexity index is 1150. The van der Waals surface area contributed by atoms with E-state index in [0.29, 0.717) is 43.5 Å². The lowest BCUT2D eigenvalue weighted by molar-refractivity contribution is -0.135. The molecule has 2 aliphatic rings. The minimum atomic E-state index is -4.07. The number of nitrogens with zero attached hydrogens (tertiary/aromatic N) is 2. The monoisotopic (exact) mass is 582 g/mol. The van der Waals surface area contributed by atoms with E-state index in [9.17, 15) is 31.9 Å². The van der Waals surface area contributed by atoms with Crippen molar-refractivity contribution in [3.05, 3.63) is 53.6 Å². The standard InChI is InChI=1S/C31H39F5N2O3/c32-27-18-23(7-9-26(27)30(40)38-15-5-6-25(39)20-38)24-8-10-29(28(33)19-24)41-21-22-11-16-37(17-12-22)14-4-2-1-3-13-31(34,35)36/h7-10,18-19,22,25,39H,1-6,11-17,20-21H2. The van der Waals surface area contributed by atoms with Gasteiger partial charge >= 0.3 is 6.18 Å². The molecule has 2 aromatic carbocycles. The first-order valence-corrected chi connectivity index (χ1v) is 14.6. The number of likely N-dealkylation sites (tertiary alicyclic amines) is 2. The molecule has 1 N–H and O–H groups in total. The Hall–Kier alpha value is -2.72. The summed E-state index contributed by atoms with van der Waals surface area (Å²) < 4.78 is 72.1. The largest absolute Gasteiger partial charge is 0.490 e. The average molecular weight is 583 g/mol. The van der Waals surface area contributed by atoms with E-state index >= 15 is 0 Å². The van der Waals surface area contributed by atoms with E-state index in [4.69, 9.17) is 4.74 Å². The molecule has 1 atom stereocenters. The number of aliphatic hydroxyl groups is 1. The molecule has 0 radical (unpaired) electrons. The quantitative estimate of drug-likeness (QED) is 0.233. The van der Waals surface area contributed by atoms with Crippen molar-refractivity contribution in [3.8, 4) is 16.9 Å². The van der Waals surface area contributed by atoms with Crippen molar-refractivity contribution in [2.75, 3.05) is 39.3 Å². The molecule has 5 nitrogen and oxygen atoms in total. The van der Waals surface area contributed by atoms with Gasteiger partial charge in [-0.2, -0.15) is 13.2 Å². The van der Waals surface area contributed by atoms with Crippen molar-refractivity contribution >= 4 is 5.91 Å². The number of unbranched alkanes of at least 4 members (excludes halogenated alkanes) is 3. The van der Waals surface area contributed by atoms with Gasteiger partial charge < -0.3 is 19.6 Å². The van der Waals surface area contributed by atoms with E-state index in [1.54, 1.807) is 12.1 Å². The normalized spacial score (nSPS) is 19.0. The summed E-state index contributed by atoms with van der Waals surface area (Å²) in [6.45, 7) is 3.70. The first kappa shape index (κ1) is 31.2. The number of β-amino-alcohol motifs (C(OH)–C–C–N with tert-alkyl or cyclic N) is 1. The van der Waals surface area contributed by atoms with Gasteiger partial charge in [0.1, 0.15) is 5.82 Å². The fourth-order valence-corrected chi connectivity index (χ4v) is 5.57. The number of rotatable bonds is 11. The van der Waals surface area contributed by atoms with Crippen LogP contribution in [0.3, 0.4) is 0 Å². The van der Waals surface area contributed by atoms with Gasteiger partial charge in [-0.1, -0.05) is 25.0 Å². The molecule has 0 spiro atoms. The number of carbonyl (C=O) groups is 1. The number of hydrogen-bond acceptors (Lipinski definition) is 4. The third-order valence-corrected chi connectivity index (χ3v) is 8.01. The van der Waals surface area contributed by atoms with Gasteiger partial charge in [0.15, 0.2) is 11.6 Å². The summed E-state index contributed by atoms with van der Waals surface area (Å²) >= 11 is 0. The van der Waals surface area contributed by atoms with Crippen molar-refractivity contribution in [1.82, 2.24) is 9.80 Å². The zero-order valence-corrected chi connectivity index (χ0v) is 23.3. The highest BCUT2D eigenvalue weighted by molar-refractivity contribution is 5.95. The van der Waals surface area contributed by atoms with Crippen LogP contribution in [-0.2, 0) is 0 Å². The summed E-state index contributed by atoms with van der Waals surface area (Å²) in [7, 11) is 0. The lowest BCUT2D eigenvalue weighted by atomic mass is 9.97. The smallest absolute Gasteiger partial charge is 0.389 e. The van der Waals surface area contributed by atoms with Crippen molar-refractivity contribution < 1.29 is 36.6 Å². The molecule has 2 aromatic rings. The van der Waals surface area contributed by atoms with E-state index in [2.05, 4.69) is 4.90 Å². The van der Waals surface area contributed by atoms with Gasteiger partial charge in [0, 0.05) is 19.5 Å². The number of aliphatic hydroxyl groups excluding tert-OH is 1. The second-order valence-corrected chi connectivity index (χ2v) is 11.3. The maximum absolute atomic E-state index is 14.9. The van der Waals surface area contributed by atoms with Crippen LogP contribution in [0, 0.1) is 17.6 Å². The molecule has 1 unspecified atom stereocenters. The highest BCUT2D eigenvalue weighted by Crippen LogP contribution is 2.29. The fourth-order valence-electron chi connectivity index (χ4n) is 5.57. The molecular formula is C31H39F5N2O3. The highest BCUT2D eigenvalue weighted by Gasteiger charge is 2.27. The summed E-state index contributed by atoms with van der Waals surface area (Å²) in [5.41, 5.74) is 0.832. The lowest BCUT2D eigenvalue weighted by Gasteiger charge is -2.31. The number of amides is 1. The van der Waals surface area contributed by atoms with Gasteiger partial charge in [0.05, 0.1) is 18.3 Å². The van der Waals surface area contributed by atoms with Gasteiger partial charge in [0.25, 0.3) is 5.91 Å². The van der Waals surface area contributed by atoms with Gasteiger partial charge in [0.2, 0.25) is 0 Å².